The summed E-state index contributed by atoms with van der Waals surface area (Å²) in [6.07, 6.45) is 13.4. The van der Waals surface area contributed by atoms with Gasteiger partial charge in [0.1, 0.15) is 0 Å². The van der Waals surface area contributed by atoms with E-state index in [2.05, 4.69) is 60.6 Å². The lowest BCUT2D eigenvalue weighted by atomic mass is 10.0. The van der Waals surface area contributed by atoms with Crippen molar-refractivity contribution in [2.45, 2.75) is 111 Å². The number of rotatable bonds is 10. The van der Waals surface area contributed by atoms with E-state index in [-0.39, 0.29) is 12.2 Å². The fraction of sp³-hybridized carbons (Fsp3) is 0.818. The average Bonchev–Trinajstić information content (AvgIpc) is 2.71. The second kappa shape index (κ2) is 10.4. The summed E-state index contributed by atoms with van der Waals surface area (Å²) in [5, 5.41) is 0. The highest BCUT2D eigenvalue weighted by Gasteiger charge is 2.39. The quantitative estimate of drug-likeness (QED) is 0.408. The van der Waals surface area contributed by atoms with Gasteiger partial charge in [-0.25, -0.2) is 0 Å². The van der Waals surface area contributed by atoms with Gasteiger partial charge in [-0.2, -0.15) is 0 Å². The first-order chi connectivity index (χ1) is 11.2. The molecule has 0 aromatic carbocycles. The SMILES string of the molecule is CC(=CCCC1(C)OC(C)C(C)O1)CCC=C(C)CCCC(C)C. The molecule has 1 rings (SSSR count). The zero-order valence-electron chi connectivity index (χ0n) is 17.2. The van der Waals surface area contributed by atoms with E-state index in [4.69, 9.17) is 9.47 Å². The minimum atomic E-state index is -0.400. The van der Waals surface area contributed by atoms with Crippen molar-refractivity contribution in [3.8, 4) is 0 Å². The lowest BCUT2D eigenvalue weighted by molar-refractivity contribution is -0.162. The largest absolute Gasteiger partial charge is 0.345 e. The number of hydrogen-bond acceptors (Lipinski definition) is 2. The van der Waals surface area contributed by atoms with Crippen LogP contribution >= 0.6 is 0 Å². The molecule has 0 aromatic rings. The highest BCUT2D eigenvalue weighted by molar-refractivity contribution is 5.04. The molecule has 1 aliphatic rings. The van der Waals surface area contributed by atoms with Gasteiger partial charge in [0, 0.05) is 6.42 Å². The van der Waals surface area contributed by atoms with Crippen LogP contribution in [0.2, 0.25) is 0 Å². The molecule has 0 bridgehead atoms. The van der Waals surface area contributed by atoms with E-state index in [1.807, 2.05) is 0 Å². The van der Waals surface area contributed by atoms with Gasteiger partial charge in [0.05, 0.1) is 12.2 Å². The Morgan fingerprint density at radius 1 is 0.958 bits per heavy atom. The van der Waals surface area contributed by atoms with Gasteiger partial charge in [-0.3, -0.25) is 0 Å². The molecule has 24 heavy (non-hydrogen) atoms. The molecule has 0 aliphatic carbocycles. The molecule has 1 fully saturated rings. The summed E-state index contributed by atoms with van der Waals surface area (Å²) >= 11 is 0. The third-order valence-electron chi connectivity index (χ3n) is 5.01. The topological polar surface area (TPSA) is 18.5 Å². The molecule has 1 saturated heterocycles. The maximum atomic E-state index is 5.95. The van der Waals surface area contributed by atoms with Crippen LogP contribution < -0.4 is 0 Å². The van der Waals surface area contributed by atoms with Crippen molar-refractivity contribution in [3.05, 3.63) is 23.3 Å². The van der Waals surface area contributed by atoms with Crippen LogP contribution in [0.5, 0.6) is 0 Å². The van der Waals surface area contributed by atoms with E-state index in [0.717, 1.165) is 31.6 Å². The van der Waals surface area contributed by atoms with Crippen LogP contribution in [0.25, 0.3) is 0 Å². The Labute approximate surface area is 150 Å². The molecule has 2 atom stereocenters. The lowest BCUT2D eigenvalue weighted by Gasteiger charge is -2.22. The number of ether oxygens (including phenoxy) is 2. The molecule has 0 spiro atoms. The normalized spacial score (nSPS) is 28.8. The maximum absolute atomic E-state index is 5.95. The highest BCUT2D eigenvalue weighted by atomic mass is 16.7. The van der Waals surface area contributed by atoms with Gasteiger partial charge in [0.15, 0.2) is 5.79 Å². The first-order valence-electron chi connectivity index (χ1n) is 9.89. The minimum Gasteiger partial charge on any atom is -0.345 e. The first-order valence-corrected chi connectivity index (χ1v) is 9.89. The van der Waals surface area contributed by atoms with Gasteiger partial charge in [-0.1, -0.05) is 43.6 Å². The van der Waals surface area contributed by atoms with E-state index < -0.39 is 5.79 Å². The van der Waals surface area contributed by atoms with E-state index in [9.17, 15) is 0 Å². The molecule has 1 heterocycles. The highest BCUT2D eigenvalue weighted by Crippen LogP contribution is 2.32. The smallest absolute Gasteiger partial charge is 0.166 e. The van der Waals surface area contributed by atoms with E-state index in [1.165, 1.54) is 24.8 Å². The van der Waals surface area contributed by atoms with Crippen LogP contribution in [0.3, 0.4) is 0 Å². The van der Waals surface area contributed by atoms with E-state index in [0.29, 0.717) is 0 Å². The van der Waals surface area contributed by atoms with Crippen LogP contribution in [0, 0.1) is 5.92 Å². The second-order valence-electron chi connectivity index (χ2n) is 8.24. The van der Waals surface area contributed by atoms with Gasteiger partial charge in [0.2, 0.25) is 0 Å². The summed E-state index contributed by atoms with van der Waals surface area (Å²) < 4.78 is 11.9. The number of allylic oxidation sites excluding steroid dienone is 4. The van der Waals surface area contributed by atoms with Crippen molar-refractivity contribution >= 4 is 0 Å². The monoisotopic (exact) mass is 336 g/mol. The van der Waals surface area contributed by atoms with Crippen molar-refractivity contribution in [2.75, 3.05) is 0 Å². The maximum Gasteiger partial charge on any atom is 0.166 e. The average molecular weight is 337 g/mol. The third-order valence-corrected chi connectivity index (χ3v) is 5.01. The van der Waals surface area contributed by atoms with Crippen molar-refractivity contribution in [2.24, 2.45) is 5.92 Å². The molecular weight excluding hydrogens is 296 g/mol. The Kier molecular flexibility index (Phi) is 9.30. The summed E-state index contributed by atoms with van der Waals surface area (Å²) in [5.41, 5.74) is 3.02. The molecular formula is C22H40O2. The Hall–Kier alpha value is -0.600. The standard InChI is InChI=1S/C22H40O2/c1-17(2)11-8-12-18(3)13-9-14-19(4)15-10-16-22(7)23-20(5)21(6)24-22/h13,15,17,20-21H,8-12,14,16H2,1-7H3. The first kappa shape index (κ1) is 21.4. The Bertz CT molecular complexity index is 410. The Balaban J connectivity index is 2.23. The molecule has 0 saturated carbocycles. The zero-order chi connectivity index (χ0) is 18.2. The fourth-order valence-electron chi connectivity index (χ4n) is 3.24. The summed E-state index contributed by atoms with van der Waals surface area (Å²) in [6, 6.07) is 0. The van der Waals surface area contributed by atoms with Crippen molar-refractivity contribution < 1.29 is 9.47 Å². The van der Waals surface area contributed by atoms with Crippen LogP contribution in [-0.4, -0.2) is 18.0 Å². The summed E-state index contributed by atoms with van der Waals surface area (Å²) in [6.45, 7) is 15.4. The van der Waals surface area contributed by atoms with Gasteiger partial charge in [-0.05, 0) is 72.6 Å². The predicted octanol–water partition coefficient (Wildman–Crippen LogP) is 6.81. The van der Waals surface area contributed by atoms with E-state index >= 15 is 0 Å². The van der Waals surface area contributed by atoms with Crippen molar-refractivity contribution in [1.82, 2.24) is 0 Å². The molecule has 2 unspecified atom stereocenters. The summed E-state index contributed by atoms with van der Waals surface area (Å²) in [7, 11) is 0. The summed E-state index contributed by atoms with van der Waals surface area (Å²) in [4.78, 5) is 0. The van der Waals surface area contributed by atoms with Gasteiger partial charge in [-0.15, -0.1) is 0 Å². The predicted molar refractivity (Wildman–Crippen MR) is 104 cm³/mol. The van der Waals surface area contributed by atoms with Crippen LogP contribution in [0.15, 0.2) is 23.3 Å². The van der Waals surface area contributed by atoms with Gasteiger partial charge in [0.25, 0.3) is 0 Å². The van der Waals surface area contributed by atoms with Crippen LogP contribution in [-0.2, 0) is 9.47 Å². The Morgan fingerprint density at radius 2 is 1.50 bits per heavy atom. The molecule has 2 heteroatoms. The van der Waals surface area contributed by atoms with Gasteiger partial charge >= 0.3 is 0 Å². The van der Waals surface area contributed by atoms with Crippen LogP contribution in [0.4, 0.5) is 0 Å². The Morgan fingerprint density at radius 3 is 2.08 bits per heavy atom. The zero-order valence-corrected chi connectivity index (χ0v) is 17.2. The van der Waals surface area contributed by atoms with Crippen molar-refractivity contribution in [1.29, 1.82) is 0 Å². The molecule has 0 radical (unpaired) electrons. The summed E-state index contributed by atoms with van der Waals surface area (Å²) in [5.74, 6) is 0.423. The molecule has 0 amide bonds. The molecule has 0 N–H and O–H groups in total. The lowest BCUT2D eigenvalue weighted by Crippen LogP contribution is -2.26. The molecule has 0 aromatic heterocycles. The van der Waals surface area contributed by atoms with Crippen LogP contribution in [0.1, 0.15) is 93.4 Å². The minimum absolute atomic E-state index is 0.198. The fourth-order valence-corrected chi connectivity index (χ4v) is 3.24. The second-order valence-corrected chi connectivity index (χ2v) is 8.24. The molecule has 1 aliphatic heterocycles. The van der Waals surface area contributed by atoms with Gasteiger partial charge < -0.3 is 9.47 Å². The number of hydrogen-bond donors (Lipinski definition) is 0. The third kappa shape index (κ3) is 8.48. The van der Waals surface area contributed by atoms with E-state index in [1.54, 1.807) is 5.57 Å². The molecule has 2 nitrogen and oxygen atoms in total. The molecule has 140 valence electrons. The van der Waals surface area contributed by atoms with Crippen molar-refractivity contribution in [3.63, 3.8) is 0 Å².